The third-order valence-electron chi connectivity index (χ3n) is 2.05. The van der Waals surface area contributed by atoms with Gasteiger partial charge in [0, 0.05) is 11.8 Å². The lowest BCUT2D eigenvalue weighted by molar-refractivity contribution is 0.103. The van der Waals surface area contributed by atoms with Gasteiger partial charge in [-0.2, -0.15) is 5.10 Å². The first kappa shape index (κ1) is 11.2. The van der Waals surface area contributed by atoms with Gasteiger partial charge in [0.05, 0.1) is 5.02 Å². The van der Waals surface area contributed by atoms with Gasteiger partial charge in [0.15, 0.2) is 5.82 Å². The predicted octanol–water partition coefficient (Wildman–Crippen LogP) is 2.99. The molecule has 0 aliphatic carbocycles. The van der Waals surface area contributed by atoms with Crippen LogP contribution in [0.2, 0.25) is 5.02 Å². The van der Waals surface area contributed by atoms with Gasteiger partial charge >= 0.3 is 0 Å². The summed E-state index contributed by atoms with van der Waals surface area (Å²) >= 11 is 7.32. The average molecular weight is 256 g/mol. The second-order valence-corrected chi connectivity index (χ2v) is 4.71. The minimum Gasteiger partial charge on any atom is -0.304 e. The van der Waals surface area contributed by atoms with Gasteiger partial charge in [0.1, 0.15) is 4.88 Å². The number of thiophene rings is 1. The van der Waals surface area contributed by atoms with E-state index < -0.39 is 0 Å². The molecule has 0 saturated carbocycles. The molecule has 6 heteroatoms. The lowest BCUT2D eigenvalue weighted by Crippen LogP contribution is -2.10. The molecule has 0 atom stereocenters. The maximum Gasteiger partial charge on any atom is 0.268 e. The number of amides is 1. The van der Waals surface area contributed by atoms with Gasteiger partial charge in [-0.05, 0) is 24.8 Å². The summed E-state index contributed by atoms with van der Waals surface area (Å²) in [7, 11) is 0. The van der Waals surface area contributed by atoms with E-state index in [-0.39, 0.29) is 5.91 Å². The van der Waals surface area contributed by atoms with Gasteiger partial charge in [0.25, 0.3) is 5.91 Å². The number of hydrogen-bond donors (Lipinski definition) is 2. The zero-order valence-electron chi connectivity index (χ0n) is 8.80. The molecule has 2 heterocycles. The van der Waals surface area contributed by atoms with Gasteiger partial charge in [-0.1, -0.05) is 11.6 Å². The summed E-state index contributed by atoms with van der Waals surface area (Å²) in [6.07, 6.45) is 0. The SMILES string of the molecule is Cc1cc(NC(=O)c2scc(C)c2Cl)n[nH]1. The molecule has 4 nitrogen and oxygen atoms in total. The Bertz CT molecular complexity index is 532. The summed E-state index contributed by atoms with van der Waals surface area (Å²) in [5.41, 5.74) is 1.80. The van der Waals surface area contributed by atoms with Gasteiger partial charge in [-0.15, -0.1) is 11.3 Å². The fraction of sp³-hybridized carbons (Fsp3) is 0.200. The highest BCUT2D eigenvalue weighted by molar-refractivity contribution is 7.13. The molecular weight excluding hydrogens is 246 g/mol. The summed E-state index contributed by atoms with van der Waals surface area (Å²) in [6.45, 7) is 3.74. The van der Waals surface area contributed by atoms with E-state index >= 15 is 0 Å². The number of nitrogens with zero attached hydrogens (tertiary/aromatic N) is 1. The summed E-state index contributed by atoms with van der Waals surface area (Å²) in [5, 5.41) is 11.7. The molecular formula is C10H10ClN3OS. The monoisotopic (exact) mass is 255 g/mol. The summed E-state index contributed by atoms with van der Waals surface area (Å²) < 4.78 is 0. The minimum absolute atomic E-state index is 0.227. The fourth-order valence-corrected chi connectivity index (χ4v) is 2.41. The molecule has 0 saturated heterocycles. The first-order valence-corrected chi connectivity index (χ1v) is 5.90. The largest absolute Gasteiger partial charge is 0.304 e. The number of halogens is 1. The number of H-pyrrole nitrogens is 1. The van der Waals surface area contributed by atoms with Crippen LogP contribution >= 0.6 is 22.9 Å². The second-order valence-electron chi connectivity index (χ2n) is 3.45. The molecule has 2 N–H and O–H groups in total. The van der Waals surface area contributed by atoms with Gasteiger partial charge < -0.3 is 5.32 Å². The fourth-order valence-electron chi connectivity index (χ4n) is 1.24. The van der Waals surface area contributed by atoms with Crippen LogP contribution in [0.15, 0.2) is 11.4 Å². The van der Waals surface area contributed by atoms with Crippen LogP contribution in [-0.2, 0) is 0 Å². The Morgan fingerprint density at radius 2 is 2.31 bits per heavy atom. The zero-order chi connectivity index (χ0) is 11.7. The standard InChI is InChI=1S/C10H10ClN3OS/c1-5-4-16-9(8(5)11)10(15)12-7-3-6(2)13-14-7/h3-4H,1-2H3,(H2,12,13,14,15). The van der Waals surface area contributed by atoms with Crippen LogP contribution < -0.4 is 5.32 Å². The van der Waals surface area contributed by atoms with Crippen molar-refractivity contribution in [1.82, 2.24) is 10.2 Å². The van der Waals surface area contributed by atoms with Crippen LogP contribution in [0.4, 0.5) is 5.82 Å². The summed E-state index contributed by atoms with van der Waals surface area (Å²) in [5.74, 6) is 0.277. The predicted molar refractivity (Wildman–Crippen MR) is 65.3 cm³/mol. The molecule has 0 unspecified atom stereocenters. The van der Waals surface area contributed by atoms with Crippen LogP contribution in [0, 0.1) is 13.8 Å². The number of aromatic amines is 1. The minimum atomic E-state index is -0.227. The molecule has 2 rings (SSSR count). The van der Waals surface area contributed by atoms with Crippen molar-refractivity contribution in [2.75, 3.05) is 5.32 Å². The van der Waals surface area contributed by atoms with Crippen LogP contribution in [0.5, 0.6) is 0 Å². The molecule has 0 spiro atoms. The van der Waals surface area contributed by atoms with Crippen LogP contribution in [0.3, 0.4) is 0 Å². The lowest BCUT2D eigenvalue weighted by Gasteiger charge is -1.99. The molecule has 0 bridgehead atoms. The highest BCUT2D eigenvalue weighted by atomic mass is 35.5. The molecule has 2 aromatic rings. The Labute approximate surface area is 102 Å². The number of aromatic nitrogens is 2. The van der Waals surface area contributed by atoms with Crippen molar-refractivity contribution < 1.29 is 4.79 Å². The van der Waals surface area contributed by atoms with Crippen molar-refractivity contribution in [1.29, 1.82) is 0 Å². The van der Waals surface area contributed by atoms with Crippen LogP contribution in [0.25, 0.3) is 0 Å². The Balaban J connectivity index is 2.18. The number of carbonyl (C=O) groups is 1. The average Bonchev–Trinajstić information content (AvgIpc) is 2.76. The maximum absolute atomic E-state index is 11.8. The topological polar surface area (TPSA) is 57.8 Å². The van der Waals surface area contributed by atoms with Crippen LogP contribution in [0.1, 0.15) is 20.9 Å². The summed E-state index contributed by atoms with van der Waals surface area (Å²) in [6, 6.07) is 1.76. The van der Waals surface area contributed by atoms with Crippen molar-refractivity contribution in [2.24, 2.45) is 0 Å². The van der Waals surface area contributed by atoms with Crippen molar-refractivity contribution in [3.8, 4) is 0 Å². The van der Waals surface area contributed by atoms with Crippen molar-refractivity contribution in [3.05, 3.63) is 32.6 Å². The van der Waals surface area contributed by atoms with E-state index in [9.17, 15) is 4.79 Å². The molecule has 2 aromatic heterocycles. The molecule has 0 aliphatic heterocycles. The molecule has 0 radical (unpaired) electrons. The second kappa shape index (κ2) is 4.27. The molecule has 16 heavy (non-hydrogen) atoms. The Morgan fingerprint density at radius 3 is 2.81 bits per heavy atom. The molecule has 0 fully saturated rings. The van der Waals surface area contributed by atoms with Crippen LogP contribution in [-0.4, -0.2) is 16.1 Å². The highest BCUT2D eigenvalue weighted by Crippen LogP contribution is 2.27. The van der Waals surface area contributed by atoms with E-state index in [1.165, 1.54) is 11.3 Å². The van der Waals surface area contributed by atoms with Crippen molar-refractivity contribution in [3.63, 3.8) is 0 Å². The Kier molecular flexibility index (Phi) is 2.98. The first-order chi connectivity index (χ1) is 7.58. The first-order valence-electron chi connectivity index (χ1n) is 4.65. The smallest absolute Gasteiger partial charge is 0.268 e. The van der Waals surface area contributed by atoms with Gasteiger partial charge in [0.2, 0.25) is 0 Å². The van der Waals surface area contributed by atoms with Gasteiger partial charge in [-0.3, -0.25) is 9.89 Å². The third kappa shape index (κ3) is 2.10. The summed E-state index contributed by atoms with van der Waals surface area (Å²) in [4.78, 5) is 12.3. The normalized spacial score (nSPS) is 10.4. The van der Waals surface area contributed by atoms with Crippen molar-refractivity contribution >= 4 is 34.7 Å². The molecule has 1 amide bonds. The number of hydrogen-bond acceptors (Lipinski definition) is 3. The number of nitrogens with one attached hydrogen (secondary N) is 2. The molecule has 0 aliphatic rings. The molecule has 84 valence electrons. The van der Waals surface area contributed by atoms with E-state index in [2.05, 4.69) is 15.5 Å². The number of carbonyl (C=O) groups excluding carboxylic acids is 1. The van der Waals surface area contributed by atoms with E-state index in [1.54, 1.807) is 6.07 Å². The van der Waals surface area contributed by atoms with E-state index in [4.69, 9.17) is 11.6 Å². The van der Waals surface area contributed by atoms with E-state index in [0.717, 1.165) is 11.3 Å². The Morgan fingerprint density at radius 1 is 1.56 bits per heavy atom. The number of rotatable bonds is 2. The zero-order valence-corrected chi connectivity index (χ0v) is 10.4. The van der Waals surface area contributed by atoms with Crippen molar-refractivity contribution in [2.45, 2.75) is 13.8 Å². The van der Waals surface area contributed by atoms with E-state index in [1.807, 2.05) is 19.2 Å². The van der Waals surface area contributed by atoms with Gasteiger partial charge in [-0.25, -0.2) is 0 Å². The number of anilines is 1. The van der Waals surface area contributed by atoms with E-state index in [0.29, 0.717) is 15.7 Å². The maximum atomic E-state index is 11.8. The lowest BCUT2D eigenvalue weighted by atomic mass is 10.3. The third-order valence-corrected chi connectivity index (χ3v) is 3.75. The molecule has 0 aromatic carbocycles. The number of aryl methyl sites for hydroxylation is 2. The highest BCUT2D eigenvalue weighted by Gasteiger charge is 2.15. The Hall–Kier alpha value is -1.33. The quantitative estimate of drug-likeness (QED) is 0.867.